The van der Waals surface area contributed by atoms with E-state index in [4.69, 9.17) is 10.00 Å². The van der Waals surface area contributed by atoms with Gasteiger partial charge in [0.1, 0.15) is 5.75 Å². The van der Waals surface area contributed by atoms with E-state index in [1.807, 2.05) is 6.07 Å². The maximum atomic E-state index is 8.55. The summed E-state index contributed by atoms with van der Waals surface area (Å²) in [6.45, 7) is 3.13. The van der Waals surface area contributed by atoms with Crippen LogP contribution in [0.1, 0.15) is 38.2 Å². The SMILES string of the molecule is COc1ccc2c(c1)C(NCCCCCC#N)=CC(C)N2C. The molecule has 22 heavy (non-hydrogen) atoms. The van der Waals surface area contributed by atoms with E-state index in [0.29, 0.717) is 12.5 Å². The molecule has 1 aliphatic rings. The number of fused-ring (bicyclic) bond motifs is 1. The number of ether oxygens (including phenoxy) is 1. The highest BCUT2D eigenvalue weighted by atomic mass is 16.5. The number of anilines is 1. The third kappa shape index (κ3) is 3.73. The molecule has 1 aromatic rings. The van der Waals surface area contributed by atoms with Crippen LogP contribution in [0.25, 0.3) is 5.70 Å². The van der Waals surface area contributed by atoms with Gasteiger partial charge in [0.05, 0.1) is 13.2 Å². The molecular weight excluding hydrogens is 274 g/mol. The maximum absolute atomic E-state index is 8.55. The zero-order valence-corrected chi connectivity index (χ0v) is 13.7. The summed E-state index contributed by atoms with van der Waals surface area (Å²) in [6.07, 6.45) is 6.08. The molecule has 0 bridgehead atoms. The zero-order valence-electron chi connectivity index (χ0n) is 13.7. The van der Waals surface area contributed by atoms with Gasteiger partial charge in [0, 0.05) is 43.0 Å². The molecule has 0 radical (unpaired) electrons. The quantitative estimate of drug-likeness (QED) is 0.782. The molecule has 2 rings (SSSR count). The van der Waals surface area contributed by atoms with Crippen molar-refractivity contribution in [1.82, 2.24) is 5.32 Å². The van der Waals surface area contributed by atoms with Crippen LogP contribution in [-0.4, -0.2) is 26.7 Å². The van der Waals surface area contributed by atoms with Crippen molar-refractivity contribution in [2.24, 2.45) is 0 Å². The first kappa shape index (κ1) is 16.2. The predicted molar refractivity (Wildman–Crippen MR) is 90.9 cm³/mol. The number of unbranched alkanes of at least 4 members (excludes halogenated alkanes) is 3. The van der Waals surface area contributed by atoms with E-state index in [1.54, 1.807) is 7.11 Å². The zero-order chi connectivity index (χ0) is 15.9. The molecule has 1 N–H and O–H groups in total. The van der Waals surface area contributed by atoms with E-state index in [1.165, 1.54) is 16.9 Å². The van der Waals surface area contributed by atoms with Crippen molar-refractivity contribution < 1.29 is 4.74 Å². The van der Waals surface area contributed by atoms with Crippen molar-refractivity contribution >= 4 is 11.4 Å². The second-order valence-corrected chi connectivity index (χ2v) is 5.71. The average Bonchev–Trinajstić information content (AvgIpc) is 2.54. The Kier molecular flexibility index (Phi) is 5.71. The largest absolute Gasteiger partial charge is 0.497 e. The number of methoxy groups -OCH3 is 1. The Labute approximate surface area is 133 Å². The van der Waals surface area contributed by atoms with Gasteiger partial charge < -0.3 is 15.0 Å². The lowest BCUT2D eigenvalue weighted by Crippen LogP contribution is -2.33. The Bertz CT molecular complexity index is 574. The van der Waals surface area contributed by atoms with Gasteiger partial charge in [-0.3, -0.25) is 0 Å². The number of nitrogens with one attached hydrogen (secondary N) is 1. The van der Waals surface area contributed by atoms with E-state index in [9.17, 15) is 0 Å². The summed E-state index contributed by atoms with van der Waals surface area (Å²) >= 11 is 0. The Hall–Kier alpha value is -2.15. The first-order valence-corrected chi connectivity index (χ1v) is 7.91. The molecule has 1 aliphatic heterocycles. The molecule has 0 fully saturated rings. The molecule has 0 spiro atoms. The number of likely N-dealkylation sites (N-methyl/N-ethyl adjacent to an activating group) is 1. The van der Waals surface area contributed by atoms with Gasteiger partial charge in [0.2, 0.25) is 0 Å². The van der Waals surface area contributed by atoms with Gasteiger partial charge >= 0.3 is 0 Å². The minimum absolute atomic E-state index is 0.363. The van der Waals surface area contributed by atoms with E-state index < -0.39 is 0 Å². The first-order valence-electron chi connectivity index (χ1n) is 7.91. The van der Waals surface area contributed by atoms with Crippen LogP contribution in [0.3, 0.4) is 0 Å². The fraction of sp³-hybridized carbons (Fsp3) is 0.500. The van der Waals surface area contributed by atoms with Crippen molar-refractivity contribution in [3.8, 4) is 11.8 Å². The highest BCUT2D eigenvalue weighted by molar-refractivity contribution is 5.80. The highest BCUT2D eigenvalue weighted by Gasteiger charge is 2.21. The van der Waals surface area contributed by atoms with Crippen molar-refractivity contribution in [1.29, 1.82) is 5.26 Å². The number of rotatable bonds is 7. The van der Waals surface area contributed by atoms with Gasteiger partial charge in [-0.15, -0.1) is 0 Å². The summed E-state index contributed by atoms with van der Waals surface area (Å²) in [4.78, 5) is 2.27. The molecule has 0 aromatic heterocycles. The second kappa shape index (κ2) is 7.74. The number of nitrogens with zero attached hydrogens (tertiary/aromatic N) is 2. The number of hydrogen-bond donors (Lipinski definition) is 1. The Morgan fingerprint density at radius 3 is 2.86 bits per heavy atom. The second-order valence-electron chi connectivity index (χ2n) is 5.71. The van der Waals surface area contributed by atoms with Gasteiger partial charge in [0.15, 0.2) is 0 Å². The summed E-state index contributed by atoms with van der Waals surface area (Å²) in [5.74, 6) is 0.878. The van der Waals surface area contributed by atoms with Gasteiger partial charge in [-0.25, -0.2) is 0 Å². The van der Waals surface area contributed by atoms with Crippen LogP contribution in [0.2, 0.25) is 0 Å². The monoisotopic (exact) mass is 299 g/mol. The van der Waals surface area contributed by atoms with Crippen molar-refractivity contribution in [3.63, 3.8) is 0 Å². The van der Waals surface area contributed by atoms with E-state index in [2.05, 4.69) is 48.5 Å². The lowest BCUT2D eigenvalue weighted by atomic mass is 10.0. The van der Waals surface area contributed by atoms with Crippen LogP contribution in [0.5, 0.6) is 5.75 Å². The predicted octanol–water partition coefficient (Wildman–Crippen LogP) is 3.55. The minimum Gasteiger partial charge on any atom is -0.497 e. The molecule has 0 amide bonds. The van der Waals surface area contributed by atoms with Crippen LogP contribution in [0.15, 0.2) is 24.3 Å². The fourth-order valence-corrected chi connectivity index (χ4v) is 2.71. The third-order valence-electron chi connectivity index (χ3n) is 4.17. The number of nitriles is 1. The highest BCUT2D eigenvalue weighted by Crippen LogP contribution is 2.34. The van der Waals surface area contributed by atoms with Gasteiger partial charge in [-0.1, -0.05) is 6.42 Å². The molecule has 0 aliphatic carbocycles. The molecule has 1 aromatic carbocycles. The molecular formula is C18H25N3O. The maximum Gasteiger partial charge on any atom is 0.119 e. The lowest BCUT2D eigenvalue weighted by molar-refractivity contribution is 0.414. The van der Waals surface area contributed by atoms with Crippen molar-refractivity contribution in [2.75, 3.05) is 25.6 Å². The average molecular weight is 299 g/mol. The molecule has 4 heteroatoms. The molecule has 0 saturated carbocycles. The van der Waals surface area contributed by atoms with Gasteiger partial charge in [-0.2, -0.15) is 5.26 Å². The molecule has 1 atom stereocenters. The van der Waals surface area contributed by atoms with E-state index in [-0.39, 0.29) is 0 Å². The Morgan fingerprint density at radius 2 is 2.14 bits per heavy atom. The van der Waals surface area contributed by atoms with Crippen molar-refractivity contribution in [2.45, 2.75) is 38.6 Å². The van der Waals surface area contributed by atoms with Gasteiger partial charge in [0.25, 0.3) is 0 Å². The Balaban J connectivity index is 2.04. The van der Waals surface area contributed by atoms with E-state index in [0.717, 1.165) is 31.6 Å². The number of hydrogen-bond acceptors (Lipinski definition) is 4. The smallest absolute Gasteiger partial charge is 0.119 e. The topological polar surface area (TPSA) is 48.3 Å². The molecule has 1 heterocycles. The van der Waals surface area contributed by atoms with Crippen molar-refractivity contribution in [3.05, 3.63) is 29.8 Å². The van der Waals surface area contributed by atoms with Crippen LogP contribution < -0.4 is 15.0 Å². The minimum atomic E-state index is 0.363. The fourth-order valence-electron chi connectivity index (χ4n) is 2.71. The summed E-state index contributed by atoms with van der Waals surface area (Å²) in [5, 5.41) is 12.1. The summed E-state index contributed by atoms with van der Waals surface area (Å²) in [5.41, 5.74) is 3.60. The molecule has 0 saturated heterocycles. The molecule has 1 unspecified atom stereocenters. The summed E-state index contributed by atoms with van der Waals surface area (Å²) in [6, 6.07) is 8.77. The summed E-state index contributed by atoms with van der Waals surface area (Å²) < 4.78 is 5.36. The van der Waals surface area contributed by atoms with Gasteiger partial charge in [-0.05, 0) is 44.0 Å². The molecule has 4 nitrogen and oxygen atoms in total. The third-order valence-corrected chi connectivity index (χ3v) is 4.17. The standard InChI is InChI=1S/C18H25N3O/c1-14-12-17(20-11-7-5-4-6-10-19)16-13-15(22-3)8-9-18(16)21(14)2/h8-9,12-14,20H,4-7,11H2,1-3H3. The Morgan fingerprint density at radius 1 is 1.32 bits per heavy atom. The van der Waals surface area contributed by atoms with Crippen LogP contribution >= 0.6 is 0 Å². The lowest BCUT2D eigenvalue weighted by Gasteiger charge is -2.33. The molecule has 118 valence electrons. The van der Waals surface area contributed by atoms with Crippen LogP contribution in [0.4, 0.5) is 5.69 Å². The normalized spacial score (nSPS) is 16.5. The van der Waals surface area contributed by atoms with E-state index >= 15 is 0 Å². The van der Waals surface area contributed by atoms with Crippen LogP contribution in [-0.2, 0) is 0 Å². The van der Waals surface area contributed by atoms with Crippen LogP contribution in [0, 0.1) is 11.3 Å². The number of benzene rings is 1. The first-order chi connectivity index (χ1) is 10.7. The summed E-state index contributed by atoms with van der Waals surface area (Å²) in [7, 11) is 3.81.